The van der Waals surface area contributed by atoms with E-state index in [1.807, 2.05) is 109 Å². The summed E-state index contributed by atoms with van der Waals surface area (Å²) in [6, 6.07) is 34.5. The second-order valence-electron chi connectivity index (χ2n) is 10.0. The Morgan fingerprint density at radius 2 is 0.911 bits per heavy atom. The molecule has 0 bridgehead atoms. The van der Waals surface area contributed by atoms with E-state index in [9.17, 15) is 0 Å². The van der Waals surface area contributed by atoms with Crippen LogP contribution in [0.1, 0.15) is 20.3 Å². The smallest absolute Gasteiger partial charge is 0.233 e. The molecule has 0 spiro atoms. The molecule has 11 nitrogen and oxygen atoms in total. The largest absolute Gasteiger partial charge is 0.354 e. The summed E-state index contributed by atoms with van der Waals surface area (Å²) in [6.45, 7) is 8.16. The Labute approximate surface area is 263 Å². The molecule has 228 valence electrons. The highest BCUT2D eigenvalue weighted by atomic mass is 15.3. The van der Waals surface area contributed by atoms with Gasteiger partial charge in [0.1, 0.15) is 0 Å². The lowest BCUT2D eigenvalue weighted by atomic mass is 10.3. The van der Waals surface area contributed by atoms with Crippen LogP contribution < -0.4 is 16.0 Å². The van der Waals surface area contributed by atoms with E-state index in [0.717, 1.165) is 66.7 Å². The molecule has 0 fully saturated rings. The van der Waals surface area contributed by atoms with Crippen LogP contribution in [0, 0.1) is 0 Å². The lowest BCUT2D eigenvalue weighted by Crippen LogP contribution is -2.25. The Hall–Kier alpha value is -5.55. The Morgan fingerprint density at radius 3 is 1.33 bits per heavy atom. The van der Waals surface area contributed by atoms with Crippen LogP contribution in [0.15, 0.2) is 130 Å². The lowest BCUT2D eigenvalue weighted by Gasteiger charge is -2.17. The van der Waals surface area contributed by atoms with E-state index in [0.29, 0.717) is 17.8 Å². The number of nitrogens with zero attached hydrogens (tertiary/aromatic N) is 8. The normalized spacial score (nSPS) is 11.4. The maximum Gasteiger partial charge on any atom is 0.233 e. The van der Waals surface area contributed by atoms with Crippen molar-refractivity contribution in [3.8, 4) is 0 Å². The Bertz CT molecular complexity index is 1540. The molecule has 1 heterocycles. The third-order valence-electron chi connectivity index (χ3n) is 6.79. The fourth-order valence-electron chi connectivity index (χ4n) is 4.31. The van der Waals surface area contributed by atoms with E-state index in [4.69, 9.17) is 0 Å². The lowest BCUT2D eigenvalue weighted by molar-refractivity contribution is 0.303. The van der Waals surface area contributed by atoms with Crippen LogP contribution in [0.5, 0.6) is 0 Å². The average molecular weight is 600 g/mol. The molecule has 4 aromatic carbocycles. The summed E-state index contributed by atoms with van der Waals surface area (Å²) in [6.07, 6.45) is 0.969. The molecule has 0 atom stereocenters. The highest BCUT2D eigenvalue weighted by Crippen LogP contribution is 2.24. The maximum atomic E-state index is 4.63. The molecule has 5 rings (SSSR count). The zero-order valence-corrected chi connectivity index (χ0v) is 25.5. The van der Waals surface area contributed by atoms with Gasteiger partial charge in [-0.15, -0.1) is 0 Å². The molecule has 0 saturated heterocycles. The van der Waals surface area contributed by atoms with Crippen molar-refractivity contribution in [3.63, 3.8) is 0 Å². The van der Waals surface area contributed by atoms with Gasteiger partial charge in [-0.1, -0.05) is 50.2 Å². The molecule has 45 heavy (non-hydrogen) atoms. The van der Waals surface area contributed by atoms with Gasteiger partial charge < -0.3 is 20.9 Å². The van der Waals surface area contributed by atoms with Gasteiger partial charge in [-0.25, -0.2) is 0 Å². The summed E-state index contributed by atoms with van der Waals surface area (Å²) in [5.41, 5.74) is 4.70. The van der Waals surface area contributed by atoms with Crippen LogP contribution in [-0.2, 0) is 0 Å². The molecular weight excluding hydrogens is 562 g/mol. The summed E-state index contributed by atoms with van der Waals surface area (Å²) in [5.74, 6) is 1.30. The third kappa shape index (κ3) is 10.0. The Balaban J connectivity index is 1.28. The highest BCUT2D eigenvalue weighted by molar-refractivity contribution is 5.61. The second kappa shape index (κ2) is 16.3. The van der Waals surface area contributed by atoms with Gasteiger partial charge in [-0.3, -0.25) is 0 Å². The minimum Gasteiger partial charge on any atom is -0.354 e. The molecule has 0 aliphatic rings. The van der Waals surface area contributed by atoms with Gasteiger partial charge >= 0.3 is 0 Å². The first-order valence-corrected chi connectivity index (χ1v) is 15.1. The zero-order valence-electron chi connectivity index (χ0n) is 25.5. The first-order chi connectivity index (χ1) is 22.2. The Kier molecular flexibility index (Phi) is 11.2. The molecule has 0 radical (unpaired) electrons. The first-order valence-electron chi connectivity index (χ1n) is 15.1. The number of benzene rings is 4. The first kappa shape index (κ1) is 30.9. The van der Waals surface area contributed by atoms with Crippen molar-refractivity contribution in [1.82, 2.24) is 19.9 Å². The van der Waals surface area contributed by atoms with Crippen molar-refractivity contribution >= 4 is 52.0 Å². The highest BCUT2D eigenvalue weighted by Gasteiger charge is 2.09. The average Bonchev–Trinajstić information content (AvgIpc) is 3.09. The molecule has 3 N–H and O–H groups in total. The summed E-state index contributed by atoms with van der Waals surface area (Å²) in [5, 5.41) is 27.1. The number of nitrogens with one attached hydrogen (secondary N) is 3. The van der Waals surface area contributed by atoms with Crippen LogP contribution in [0.4, 0.5) is 52.0 Å². The van der Waals surface area contributed by atoms with E-state index in [2.05, 4.69) is 70.1 Å². The topological polar surface area (TPSA) is 127 Å². The number of azo groups is 2. The molecule has 11 heteroatoms. The van der Waals surface area contributed by atoms with E-state index in [-0.39, 0.29) is 0 Å². The van der Waals surface area contributed by atoms with E-state index >= 15 is 0 Å². The maximum absolute atomic E-state index is 4.63. The van der Waals surface area contributed by atoms with Gasteiger partial charge in [0.25, 0.3) is 0 Å². The van der Waals surface area contributed by atoms with Crippen molar-refractivity contribution < 1.29 is 0 Å². The van der Waals surface area contributed by atoms with E-state index < -0.39 is 0 Å². The zero-order chi connectivity index (χ0) is 31.1. The fourth-order valence-corrected chi connectivity index (χ4v) is 4.31. The van der Waals surface area contributed by atoms with Crippen molar-refractivity contribution in [2.24, 2.45) is 20.5 Å². The van der Waals surface area contributed by atoms with E-state index in [1.54, 1.807) is 0 Å². The molecule has 0 aliphatic carbocycles. The predicted molar refractivity (Wildman–Crippen MR) is 181 cm³/mol. The summed E-state index contributed by atoms with van der Waals surface area (Å²) < 4.78 is 0. The summed E-state index contributed by atoms with van der Waals surface area (Å²) >= 11 is 0. The SMILES string of the molecule is CCN(CC)CCCNc1nc(Nc2ccc(N=Nc3ccccc3)cc2)nc(Nc2ccc(N=Nc3ccccc3)cc2)n1. The van der Waals surface area contributed by atoms with Crippen LogP contribution in [0.25, 0.3) is 0 Å². The minimum absolute atomic E-state index is 0.408. The predicted octanol–water partition coefficient (Wildman–Crippen LogP) is 9.33. The summed E-state index contributed by atoms with van der Waals surface area (Å²) in [7, 11) is 0. The third-order valence-corrected chi connectivity index (χ3v) is 6.79. The molecule has 1 aromatic heterocycles. The molecular formula is C34H37N11. The molecule has 5 aromatic rings. The van der Waals surface area contributed by atoms with Crippen molar-refractivity contribution in [2.45, 2.75) is 20.3 Å². The quantitative estimate of drug-likeness (QED) is 0.0808. The van der Waals surface area contributed by atoms with Crippen molar-refractivity contribution in [3.05, 3.63) is 109 Å². The van der Waals surface area contributed by atoms with Crippen molar-refractivity contribution in [1.29, 1.82) is 0 Å². The number of aromatic nitrogens is 3. The molecule has 0 saturated carbocycles. The molecule has 0 unspecified atom stereocenters. The fraction of sp³-hybridized carbons (Fsp3) is 0.206. The summed E-state index contributed by atoms with van der Waals surface area (Å²) in [4.78, 5) is 16.3. The number of anilines is 5. The van der Waals surface area contributed by atoms with Crippen LogP contribution in [0.3, 0.4) is 0 Å². The van der Waals surface area contributed by atoms with Gasteiger partial charge in [-0.2, -0.15) is 35.4 Å². The van der Waals surface area contributed by atoms with Gasteiger partial charge in [0.15, 0.2) is 0 Å². The second-order valence-corrected chi connectivity index (χ2v) is 10.0. The van der Waals surface area contributed by atoms with Gasteiger partial charge in [0, 0.05) is 17.9 Å². The van der Waals surface area contributed by atoms with Gasteiger partial charge in [0.2, 0.25) is 17.8 Å². The minimum atomic E-state index is 0.408. The van der Waals surface area contributed by atoms with Gasteiger partial charge in [0.05, 0.1) is 22.7 Å². The Morgan fingerprint density at radius 1 is 0.511 bits per heavy atom. The number of hydrogen-bond acceptors (Lipinski definition) is 11. The van der Waals surface area contributed by atoms with Crippen LogP contribution >= 0.6 is 0 Å². The van der Waals surface area contributed by atoms with Crippen LogP contribution in [-0.4, -0.2) is 46.0 Å². The standard InChI is InChI=1S/C34H37N11/c1-3-45(4-2)25-11-24-35-32-38-33(36-26-16-20-30(21-17-26)43-41-28-12-7-5-8-13-28)40-34(39-32)37-27-18-22-31(23-19-27)44-42-29-14-9-6-10-15-29/h5-10,12-23H,3-4,11,24-25H2,1-2H3,(H3,35,36,37,38,39,40). The molecule has 0 aliphatic heterocycles. The monoisotopic (exact) mass is 599 g/mol. The van der Waals surface area contributed by atoms with Crippen molar-refractivity contribution in [2.75, 3.05) is 42.1 Å². The van der Waals surface area contributed by atoms with Crippen LogP contribution in [0.2, 0.25) is 0 Å². The molecule has 0 amide bonds. The number of rotatable bonds is 15. The number of hydrogen-bond donors (Lipinski definition) is 3. The van der Waals surface area contributed by atoms with E-state index in [1.165, 1.54) is 0 Å². The van der Waals surface area contributed by atoms with Gasteiger partial charge in [-0.05, 0) is 98.9 Å².